The number of benzene rings is 2. The summed E-state index contributed by atoms with van der Waals surface area (Å²) in [5, 5.41) is 0.765. The molecule has 0 radical (unpaired) electrons. The minimum Gasteiger partial charge on any atom is -0.493 e. The van der Waals surface area contributed by atoms with Crippen molar-refractivity contribution in [3.63, 3.8) is 0 Å². The molecule has 0 aliphatic rings. The third kappa shape index (κ3) is 4.89. The molecule has 4 heteroatoms. The molecule has 130 valence electrons. The van der Waals surface area contributed by atoms with Crippen molar-refractivity contribution in [3.05, 3.63) is 58.6 Å². The molecule has 0 amide bonds. The van der Waals surface area contributed by atoms with Crippen LogP contribution in [0.4, 0.5) is 0 Å². The van der Waals surface area contributed by atoms with Gasteiger partial charge in [0.2, 0.25) is 0 Å². The number of hydrogen-bond donors (Lipinski definition) is 1. The van der Waals surface area contributed by atoms with E-state index in [-0.39, 0.29) is 5.92 Å². The first kappa shape index (κ1) is 18.6. The Balaban J connectivity index is 2.18. The van der Waals surface area contributed by atoms with E-state index in [1.54, 1.807) is 7.11 Å². The second kappa shape index (κ2) is 9.55. The fourth-order valence-electron chi connectivity index (χ4n) is 2.70. The van der Waals surface area contributed by atoms with Crippen molar-refractivity contribution in [3.8, 4) is 11.5 Å². The maximum Gasteiger partial charge on any atom is 0.161 e. The molecule has 0 saturated carbocycles. The maximum absolute atomic E-state index is 6.33. The Bertz CT molecular complexity index is 645. The molecule has 0 aliphatic carbocycles. The van der Waals surface area contributed by atoms with Crippen molar-refractivity contribution < 1.29 is 9.47 Å². The molecule has 0 aliphatic heterocycles. The molecular weight excluding hydrogens is 322 g/mol. The van der Waals surface area contributed by atoms with Crippen LogP contribution in [0.3, 0.4) is 0 Å². The van der Waals surface area contributed by atoms with E-state index in [4.69, 9.17) is 26.8 Å². The summed E-state index contributed by atoms with van der Waals surface area (Å²) in [7, 11) is 1.66. The Kier molecular flexibility index (Phi) is 7.41. The molecule has 3 nitrogen and oxygen atoms in total. The first-order valence-electron chi connectivity index (χ1n) is 8.43. The highest BCUT2D eigenvalue weighted by molar-refractivity contribution is 6.31. The fraction of sp³-hybridized carbons (Fsp3) is 0.400. The van der Waals surface area contributed by atoms with E-state index in [2.05, 4.69) is 13.0 Å². The molecule has 0 fully saturated rings. The average molecular weight is 348 g/mol. The third-order valence-electron chi connectivity index (χ3n) is 4.10. The number of ether oxygens (including phenoxy) is 2. The minimum absolute atomic E-state index is 0.176. The van der Waals surface area contributed by atoms with E-state index in [0.717, 1.165) is 46.9 Å². The quantitative estimate of drug-likeness (QED) is 0.662. The summed E-state index contributed by atoms with van der Waals surface area (Å²) >= 11 is 6.33. The van der Waals surface area contributed by atoms with E-state index in [9.17, 15) is 0 Å². The van der Waals surface area contributed by atoms with Gasteiger partial charge in [-0.15, -0.1) is 0 Å². The van der Waals surface area contributed by atoms with Gasteiger partial charge in [0.15, 0.2) is 11.5 Å². The topological polar surface area (TPSA) is 44.5 Å². The van der Waals surface area contributed by atoms with Crippen molar-refractivity contribution in [1.82, 2.24) is 0 Å². The standard InChI is InChI=1S/C20H26ClNO2/c1-3-4-11-24-20-13-15(9-10-19(20)23-2)12-16(14-22)17-7-5-6-8-18(17)21/h5-10,13,16H,3-4,11-12,14,22H2,1-2H3. The van der Waals surface area contributed by atoms with Gasteiger partial charge in [-0.1, -0.05) is 49.2 Å². The van der Waals surface area contributed by atoms with Crippen molar-refractivity contribution in [2.45, 2.75) is 32.1 Å². The van der Waals surface area contributed by atoms with Gasteiger partial charge in [-0.2, -0.15) is 0 Å². The first-order valence-corrected chi connectivity index (χ1v) is 8.81. The lowest BCUT2D eigenvalue weighted by Crippen LogP contribution is -2.15. The summed E-state index contributed by atoms with van der Waals surface area (Å²) < 4.78 is 11.3. The largest absolute Gasteiger partial charge is 0.493 e. The zero-order chi connectivity index (χ0) is 17.4. The van der Waals surface area contributed by atoms with Gasteiger partial charge in [-0.25, -0.2) is 0 Å². The van der Waals surface area contributed by atoms with E-state index >= 15 is 0 Å². The number of nitrogens with two attached hydrogens (primary N) is 1. The van der Waals surface area contributed by atoms with Gasteiger partial charge < -0.3 is 15.2 Å². The molecule has 1 unspecified atom stereocenters. The Morgan fingerprint density at radius 2 is 1.92 bits per heavy atom. The first-order chi connectivity index (χ1) is 11.7. The van der Waals surface area contributed by atoms with Crippen molar-refractivity contribution in [2.24, 2.45) is 5.73 Å². The van der Waals surface area contributed by atoms with E-state index in [0.29, 0.717) is 13.2 Å². The molecule has 2 aromatic carbocycles. The van der Waals surface area contributed by atoms with E-state index < -0.39 is 0 Å². The van der Waals surface area contributed by atoms with Gasteiger partial charge in [-0.05, 0) is 48.7 Å². The fourth-order valence-corrected chi connectivity index (χ4v) is 2.99. The average Bonchev–Trinajstić information content (AvgIpc) is 2.61. The molecular formula is C20H26ClNO2. The van der Waals surface area contributed by atoms with Crippen molar-refractivity contribution >= 4 is 11.6 Å². The van der Waals surface area contributed by atoms with Crippen LogP contribution in [0.25, 0.3) is 0 Å². The van der Waals surface area contributed by atoms with Gasteiger partial charge in [0.25, 0.3) is 0 Å². The van der Waals surface area contributed by atoms with Gasteiger partial charge >= 0.3 is 0 Å². The second-order valence-electron chi connectivity index (χ2n) is 5.85. The minimum atomic E-state index is 0.176. The molecule has 0 aromatic heterocycles. The molecule has 24 heavy (non-hydrogen) atoms. The van der Waals surface area contributed by atoms with Crippen molar-refractivity contribution in [2.75, 3.05) is 20.3 Å². The molecule has 0 bridgehead atoms. The molecule has 0 saturated heterocycles. The van der Waals surface area contributed by atoms with Gasteiger partial charge in [0.05, 0.1) is 13.7 Å². The van der Waals surface area contributed by atoms with Crippen LogP contribution in [0.15, 0.2) is 42.5 Å². The Hall–Kier alpha value is -1.71. The van der Waals surface area contributed by atoms with Gasteiger partial charge in [-0.3, -0.25) is 0 Å². The van der Waals surface area contributed by atoms with Crippen LogP contribution in [0.1, 0.15) is 36.8 Å². The molecule has 2 rings (SSSR count). The highest BCUT2D eigenvalue weighted by Gasteiger charge is 2.15. The Labute approximate surface area is 149 Å². The highest BCUT2D eigenvalue weighted by Crippen LogP contribution is 2.32. The van der Waals surface area contributed by atoms with Gasteiger partial charge in [0, 0.05) is 10.9 Å². The lowest BCUT2D eigenvalue weighted by Gasteiger charge is -2.18. The zero-order valence-electron chi connectivity index (χ0n) is 14.4. The van der Waals surface area contributed by atoms with Crippen LogP contribution in [0, 0.1) is 0 Å². The van der Waals surface area contributed by atoms with Gasteiger partial charge in [0.1, 0.15) is 0 Å². The van der Waals surface area contributed by atoms with Crippen molar-refractivity contribution in [1.29, 1.82) is 0 Å². The Morgan fingerprint density at radius 1 is 1.12 bits per heavy atom. The monoisotopic (exact) mass is 347 g/mol. The summed E-state index contributed by atoms with van der Waals surface area (Å²) in [6, 6.07) is 14.0. The SMILES string of the molecule is CCCCOc1cc(CC(CN)c2ccccc2Cl)ccc1OC. The van der Waals surface area contributed by atoms with Crippen LogP contribution in [0.5, 0.6) is 11.5 Å². The maximum atomic E-state index is 6.33. The third-order valence-corrected chi connectivity index (χ3v) is 4.44. The summed E-state index contributed by atoms with van der Waals surface area (Å²) in [5.74, 6) is 1.73. The van der Waals surface area contributed by atoms with Crippen LogP contribution in [0.2, 0.25) is 5.02 Å². The number of halogens is 1. The number of hydrogen-bond acceptors (Lipinski definition) is 3. The van der Waals surface area contributed by atoms with Crippen LogP contribution in [-0.4, -0.2) is 20.3 Å². The van der Waals surface area contributed by atoms with E-state index in [1.807, 2.05) is 36.4 Å². The summed E-state index contributed by atoms with van der Waals surface area (Å²) in [6.07, 6.45) is 2.94. The molecule has 2 aromatic rings. The highest BCUT2D eigenvalue weighted by atomic mass is 35.5. The van der Waals surface area contributed by atoms with Crippen LogP contribution in [-0.2, 0) is 6.42 Å². The normalized spacial score (nSPS) is 12.0. The summed E-state index contributed by atoms with van der Waals surface area (Å²) in [5.41, 5.74) is 8.25. The number of unbranched alkanes of at least 4 members (excludes halogenated alkanes) is 1. The van der Waals surface area contributed by atoms with E-state index in [1.165, 1.54) is 0 Å². The Morgan fingerprint density at radius 3 is 2.58 bits per heavy atom. The van der Waals surface area contributed by atoms with Crippen LogP contribution >= 0.6 is 11.6 Å². The van der Waals surface area contributed by atoms with Crippen LogP contribution < -0.4 is 15.2 Å². The predicted molar refractivity (Wildman–Crippen MR) is 100 cm³/mol. The lowest BCUT2D eigenvalue weighted by molar-refractivity contribution is 0.288. The summed E-state index contributed by atoms with van der Waals surface area (Å²) in [6.45, 7) is 3.38. The molecule has 0 spiro atoms. The second-order valence-corrected chi connectivity index (χ2v) is 6.25. The molecule has 2 N–H and O–H groups in total. The summed E-state index contributed by atoms with van der Waals surface area (Å²) in [4.78, 5) is 0. The number of rotatable bonds is 9. The lowest BCUT2D eigenvalue weighted by atomic mass is 9.92. The smallest absolute Gasteiger partial charge is 0.161 e. The molecule has 0 heterocycles. The zero-order valence-corrected chi connectivity index (χ0v) is 15.2. The molecule has 1 atom stereocenters. The number of methoxy groups -OCH3 is 1. The predicted octanol–water partition coefficient (Wildman–Crippen LogP) is 4.81.